The van der Waals surface area contributed by atoms with Crippen molar-refractivity contribution in [2.75, 3.05) is 5.32 Å². The summed E-state index contributed by atoms with van der Waals surface area (Å²) in [6.07, 6.45) is -3.85. The van der Waals surface area contributed by atoms with Crippen molar-refractivity contribution in [2.45, 2.75) is 31.5 Å². The van der Waals surface area contributed by atoms with Gasteiger partial charge in [-0.25, -0.2) is 9.59 Å². The molecule has 1 saturated heterocycles. The summed E-state index contributed by atoms with van der Waals surface area (Å²) >= 11 is 0. The number of hydrogen-bond acceptors (Lipinski definition) is 6. The number of halogens is 3. The number of benzene rings is 2. The van der Waals surface area contributed by atoms with Gasteiger partial charge in [-0.3, -0.25) is 15.1 Å². The van der Waals surface area contributed by atoms with Crippen molar-refractivity contribution < 1.29 is 32.4 Å². The fourth-order valence-electron chi connectivity index (χ4n) is 3.87. The number of anilines is 2. The Bertz CT molecular complexity index is 1290. The standard InChI is InChI=1S/C25H21F3N4O4/c1-24(2,20-21(33)31-23(35)32(20)36-22(34)25(26,27)28)16-12-13-29-19(14-16)15-8-10-18(11-9-15)30-17-6-4-3-5-7-17/h3-14,20,30H,1-2H3,(H,31,33,35). The van der Waals surface area contributed by atoms with Gasteiger partial charge in [-0.1, -0.05) is 44.2 Å². The molecule has 2 aromatic carbocycles. The summed E-state index contributed by atoms with van der Waals surface area (Å²) < 4.78 is 38.2. The van der Waals surface area contributed by atoms with Crippen LogP contribution in [0.25, 0.3) is 11.3 Å². The number of nitrogens with one attached hydrogen (secondary N) is 2. The molecule has 0 aliphatic carbocycles. The largest absolute Gasteiger partial charge is 0.493 e. The molecule has 8 nitrogen and oxygen atoms in total. The molecule has 3 amide bonds. The van der Waals surface area contributed by atoms with Crippen LogP contribution in [-0.2, 0) is 19.8 Å². The number of aromatic nitrogens is 1. The minimum atomic E-state index is -5.34. The first-order valence-corrected chi connectivity index (χ1v) is 10.8. The highest BCUT2D eigenvalue weighted by Crippen LogP contribution is 2.35. The van der Waals surface area contributed by atoms with Crippen LogP contribution in [0.1, 0.15) is 19.4 Å². The average Bonchev–Trinajstić information content (AvgIpc) is 3.12. The molecule has 3 aromatic rings. The molecule has 0 bridgehead atoms. The first kappa shape index (κ1) is 24.7. The van der Waals surface area contributed by atoms with Crippen LogP contribution >= 0.6 is 0 Å². The van der Waals surface area contributed by atoms with E-state index < -0.39 is 35.5 Å². The number of para-hydroxylation sites is 1. The van der Waals surface area contributed by atoms with Crippen LogP contribution in [0.5, 0.6) is 0 Å². The van der Waals surface area contributed by atoms with Gasteiger partial charge >= 0.3 is 18.2 Å². The maximum Gasteiger partial charge on any atom is 0.493 e. The minimum Gasteiger partial charge on any atom is -0.356 e. The second-order valence-corrected chi connectivity index (χ2v) is 8.62. The first-order chi connectivity index (χ1) is 17.0. The molecular weight excluding hydrogens is 477 g/mol. The predicted molar refractivity (Wildman–Crippen MR) is 124 cm³/mol. The number of hydroxylamine groups is 2. The number of hydrogen-bond donors (Lipinski definition) is 2. The highest BCUT2D eigenvalue weighted by Gasteiger charge is 2.53. The molecule has 186 valence electrons. The molecule has 0 radical (unpaired) electrons. The molecule has 11 heteroatoms. The Labute approximate surface area is 204 Å². The smallest absolute Gasteiger partial charge is 0.356 e. The molecule has 1 aliphatic heterocycles. The van der Waals surface area contributed by atoms with E-state index in [9.17, 15) is 27.6 Å². The van der Waals surface area contributed by atoms with Gasteiger partial charge < -0.3 is 10.2 Å². The molecule has 36 heavy (non-hydrogen) atoms. The van der Waals surface area contributed by atoms with E-state index in [1.165, 1.54) is 6.20 Å². The highest BCUT2D eigenvalue weighted by atomic mass is 19.4. The number of nitrogens with zero attached hydrogens (tertiary/aromatic N) is 2. The number of pyridine rings is 1. The summed E-state index contributed by atoms with van der Waals surface area (Å²) in [4.78, 5) is 44.6. The van der Waals surface area contributed by atoms with Gasteiger partial charge in [-0.05, 0) is 42.0 Å². The lowest BCUT2D eigenvalue weighted by atomic mass is 9.77. The maximum absolute atomic E-state index is 12.7. The van der Waals surface area contributed by atoms with Crippen LogP contribution < -0.4 is 10.6 Å². The monoisotopic (exact) mass is 498 g/mol. The van der Waals surface area contributed by atoms with Gasteiger partial charge in [0.15, 0.2) is 6.04 Å². The SMILES string of the molecule is CC(C)(c1ccnc(-c2ccc(Nc3ccccc3)cc2)c1)C1C(=O)NC(=O)N1OC(=O)C(F)(F)F. The van der Waals surface area contributed by atoms with Crippen molar-refractivity contribution in [1.29, 1.82) is 0 Å². The molecule has 1 atom stereocenters. The molecule has 1 aromatic heterocycles. The summed E-state index contributed by atoms with van der Waals surface area (Å²) in [7, 11) is 0. The second-order valence-electron chi connectivity index (χ2n) is 8.62. The lowest BCUT2D eigenvalue weighted by Crippen LogP contribution is -2.50. The molecule has 1 unspecified atom stereocenters. The molecule has 1 aliphatic rings. The summed E-state index contributed by atoms with van der Waals surface area (Å²) in [5.41, 5.74) is 2.29. The van der Waals surface area contributed by atoms with Gasteiger partial charge in [0.25, 0.3) is 5.91 Å². The van der Waals surface area contributed by atoms with Crippen molar-refractivity contribution in [3.63, 3.8) is 0 Å². The van der Waals surface area contributed by atoms with E-state index in [0.29, 0.717) is 11.3 Å². The van der Waals surface area contributed by atoms with E-state index in [0.717, 1.165) is 16.9 Å². The van der Waals surface area contributed by atoms with Crippen LogP contribution in [0.3, 0.4) is 0 Å². The van der Waals surface area contributed by atoms with Crippen LogP contribution in [0.2, 0.25) is 0 Å². The molecule has 2 N–H and O–H groups in total. The second kappa shape index (κ2) is 9.33. The molecule has 1 fully saturated rings. The van der Waals surface area contributed by atoms with Gasteiger partial charge in [0.2, 0.25) is 0 Å². The Morgan fingerprint density at radius 2 is 1.64 bits per heavy atom. The van der Waals surface area contributed by atoms with E-state index >= 15 is 0 Å². The number of carbonyl (C=O) groups is 3. The van der Waals surface area contributed by atoms with Gasteiger partial charge in [-0.2, -0.15) is 13.2 Å². The third-order valence-corrected chi connectivity index (χ3v) is 5.76. The molecule has 4 rings (SSSR count). The maximum atomic E-state index is 12.7. The van der Waals surface area contributed by atoms with Crippen LogP contribution in [0.4, 0.5) is 29.3 Å². The summed E-state index contributed by atoms with van der Waals surface area (Å²) in [6.45, 7) is 3.10. The van der Waals surface area contributed by atoms with E-state index in [4.69, 9.17) is 0 Å². The van der Waals surface area contributed by atoms with Gasteiger partial charge in [0.1, 0.15) is 0 Å². The quantitative estimate of drug-likeness (QED) is 0.478. The number of alkyl halides is 3. The number of rotatable bonds is 6. The Kier molecular flexibility index (Phi) is 6.40. The first-order valence-electron chi connectivity index (χ1n) is 10.8. The predicted octanol–water partition coefficient (Wildman–Crippen LogP) is 4.71. The van der Waals surface area contributed by atoms with Crippen molar-refractivity contribution in [3.05, 3.63) is 78.5 Å². The number of imide groups is 1. The molecular formula is C25H21F3N4O4. The average molecular weight is 498 g/mol. The molecule has 0 spiro atoms. The summed E-state index contributed by atoms with van der Waals surface area (Å²) in [5, 5.41) is 5.32. The van der Waals surface area contributed by atoms with E-state index in [1.807, 2.05) is 59.9 Å². The van der Waals surface area contributed by atoms with E-state index in [2.05, 4.69) is 15.1 Å². The van der Waals surface area contributed by atoms with Gasteiger partial charge in [-0.15, -0.1) is 5.06 Å². The lowest BCUT2D eigenvalue weighted by molar-refractivity contribution is -0.232. The van der Waals surface area contributed by atoms with E-state index in [-0.39, 0.29) is 5.06 Å². The zero-order chi connectivity index (χ0) is 26.1. The van der Waals surface area contributed by atoms with Gasteiger partial charge in [0.05, 0.1) is 5.69 Å². The van der Waals surface area contributed by atoms with Crippen molar-refractivity contribution >= 4 is 29.3 Å². The van der Waals surface area contributed by atoms with Crippen molar-refractivity contribution in [3.8, 4) is 11.3 Å². The van der Waals surface area contributed by atoms with Crippen LogP contribution in [0.15, 0.2) is 72.9 Å². The minimum absolute atomic E-state index is 0.141. The number of urea groups is 1. The highest BCUT2D eigenvalue weighted by molar-refractivity contribution is 6.05. The topological polar surface area (TPSA) is 101 Å². The Morgan fingerprint density at radius 3 is 2.28 bits per heavy atom. The normalized spacial score (nSPS) is 16.0. The third-order valence-electron chi connectivity index (χ3n) is 5.76. The Morgan fingerprint density at radius 1 is 1.00 bits per heavy atom. The number of amides is 3. The van der Waals surface area contributed by atoms with E-state index in [1.54, 1.807) is 26.0 Å². The molecule has 2 heterocycles. The zero-order valence-corrected chi connectivity index (χ0v) is 19.2. The van der Waals surface area contributed by atoms with Gasteiger partial charge in [0, 0.05) is 28.6 Å². The summed E-state index contributed by atoms with van der Waals surface area (Å²) in [5.74, 6) is -3.50. The Balaban J connectivity index is 1.59. The lowest BCUT2D eigenvalue weighted by Gasteiger charge is -2.34. The fourth-order valence-corrected chi connectivity index (χ4v) is 3.87. The zero-order valence-electron chi connectivity index (χ0n) is 19.2. The summed E-state index contributed by atoms with van der Waals surface area (Å²) in [6, 6.07) is 17.5. The van der Waals surface area contributed by atoms with Crippen molar-refractivity contribution in [2.24, 2.45) is 0 Å². The van der Waals surface area contributed by atoms with Crippen LogP contribution in [-0.4, -0.2) is 40.2 Å². The number of carbonyl (C=O) groups excluding carboxylic acids is 3. The molecule has 0 saturated carbocycles. The van der Waals surface area contributed by atoms with Crippen molar-refractivity contribution in [1.82, 2.24) is 15.4 Å². The Hall–Kier alpha value is -4.41. The van der Waals surface area contributed by atoms with Crippen LogP contribution in [0, 0.1) is 0 Å². The fraction of sp³-hybridized carbons (Fsp3) is 0.200. The third kappa shape index (κ3) is 4.99.